The molecule has 2 aliphatic carbocycles. The summed E-state index contributed by atoms with van der Waals surface area (Å²) in [6, 6.07) is 36.2. The number of carbonyl (C=O) groups is 2. The second-order valence-electron chi connectivity index (χ2n) is 21.3. The van der Waals surface area contributed by atoms with E-state index in [1.807, 2.05) is 55.1 Å². The minimum Gasteiger partial charge on any atom is -0.493 e. The van der Waals surface area contributed by atoms with Gasteiger partial charge < -0.3 is 43.0 Å². The lowest BCUT2D eigenvalue weighted by molar-refractivity contribution is -0.145. The van der Waals surface area contributed by atoms with Crippen LogP contribution < -0.4 is 18.9 Å². The fourth-order valence-electron chi connectivity index (χ4n) is 9.77. The second-order valence-corrected chi connectivity index (χ2v) is 22.9. The van der Waals surface area contributed by atoms with Crippen LogP contribution in [0.2, 0.25) is 0 Å². The summed E-state index contributed by atoms with van der Waals surface area (Å²) in [4.78, 5) is 38.0. The van der Waals surface area contributed by atoms with Crippen molar-refractivity contribution in [2.75, 3.05) is 59.9 Å². The molecule has 11 rings (SSSR count). The van der Waals surface area contributed by atoms with Crippen molar-refractivity contribution in [3.8, 4) is 23.0 Å². The fourth-order valence-corrected chi connectivity index (χ4v) is 10.1. The van der Waals surface area contributed by atoms with Gasteiger partial charge in [0, 0.05) is 50.4 Å². The third-order valence-electron chi connectivity index (χ3n) is 14.7. The maximum absolute atomic E-state index is 13.1. The molecule has 17 heteroatoms. The molecule has 3 saturated heterocycles. The third kappa shape index (κ3) is 14.2. The molecule has 16 nitrogen and oxygen atoms in total. The number of carbonyl (C=O) groups excluding carboxylic acids is 2. The molecule has 0 N–H and O–H groups in total. The Bertz CT molecular complexity index is 3170. The average molecular weight is 1080 g/mol. The van der Waals surface area contributed by atoms with Crippen molar-refractivity contribution in [3.05, 3.63) is 177 Å². The number of pyridine rings is 2. The van der Waals surface area contributed by atoms with Gasteiger partial charge in [0.25, 0.3) is 21.9 Å². The summed E-state index contributed by atoms with van der Waals surface area (Å²) in [7, 11) is -0.286. The van der Waals surface area contributed by atoms with E-state index < -0.39 is 15.9 Å². The Morgan fingerprint density at radius 2 is 1.01 bits per heavy atom. The molecule has 1 atom stereocenters. The predicted molar refractivity (Wildman–Crippen MR) is 291 cm³/mol. The standard InChI is InChI=1S/C33H38N2O6.C28H30N2O6S/c1-33(2)40-21-28(41-33)20-38-18-23-12-13-34-29(14-23)32(36)35-16-27(17-35)26-10-11-30(31(15-26)37-3)39-19-22-4-6-24(7-5-22)25-8-9-25;1-34-27-14-23(9-10-26(27)35-17-19-3-5-21(6-4-19)22-7-8-22)24-15-30(16-24)28(31)25-13-20(11-12-29-25)18-36-37(2,32)33/h4-7,10-15,25,27-28H,8-9,16-21H2,1-3H3;3-6,9-14,22,24H,7-8,15-18H2,1-2H3/t28-;/m1./s1. The maximum atomic E-state index is 13.1. The fraction of sp³-hybridized carbons (Fsp3) is 0.410. The van der Waals surface area contributed by atoms with Crippen LogP contribution in [0.15, 0.2) is 122 Å². The monoisotopic (exact) mass is 1080 g/mol. The smallest absolute Gasteiger partial charge is 0.272 e. The third-order valence-corrected chi connectivity index (χ3v) is 15.2. The molecule has 4 aromatic carbocycles. The number of likely N-dealkylation sites (tertiary alicyclic amines) is 2. The van der Waals surface area contributed by atoms with Gasteiger partial charge in [-0.05, 0) is 144 Å². The number of rotatable bonds is 21. The van der Waals surface area contributed by atoms with Crippen LogP contribution in [0.1, 0.15) is 129 Å². The molecular formula is C61H68N4O12S. The van der Waals surface area contributed by atoms with Gasteiger partial charge in [0.2, 0.25) is 0 Å². The number of hydrogen-bond donors (Lipinski definition) is 0. The summed E-state index contributed by atoms with van der Waals surface area (Å²) in [6.07, 6.45) is 9.23. The molecule has 6 aromatic rings. The van der Waals surface area contributed by atoms with Crippen LogP contribution in [-0.2, 0) is 54.9 Å². The Morgan fingerprint density at radius 1 is 0.564 bits per heavy atom. The van der Waals surface area contributed by atoms with E-state index in [2.05, 4.69) is 64.6 Å². The average Bonchev–Trinajstić information content (AvgIpc) is 4.46. The van der Waals surface area contributed by atoms with Crippen molar-refractivity contribution in [1.82, 2.24) is 19.8 Å². The molecule has 0 bridgehead atoms. The Kier molecular flexibility index (Phi) is 16.8. The summed E-state index contributed by atoms with van der Waals surface area (Å²) < 4.78 is 67.8. The van der Waals surface area contributed by atoms with Crippen molar-refractivity contribution < 1.29 is 55.3 Å². The molecule has 0 spiro atoms. The van der Waals surface area contributed by atoms with Crippen molar-refractivity contribution in [3.63, 3.8) is 0 Å². The highest BCUT2D eigenvalue weighted by Crippen LogP contribution is 2.42. The van der Waals surface area contributed by atoms with Crippen LogP contribution in [0.3, 0.4) is 0 Å². The van der Waals surface area contributed by atoms with Gasteiger partial charge in [-0.1, -0.05) is 60.7 Å². The zero-order valence-electron chi connectivity index (χ0n) is 44.9. The summed E-state index contributed by atoms with van der Waals surface area (Å²) in [5, 5.41) is 0. The van der Waals surface area contributed by atoms with Gasteiger partial charge >= 0.3 is 0 Å². The number of ether oxygens (including phenoxy) is 7. The van der Waals surface area contributed by atoms with Crippen molar-refractivity contribution >= 4 is 21.9 Å². The highest BCUT2D eigenvalue weighted by molar-refractivity contribution is 7.85. The van der Waals surface area contributed by atoms with E-state index in [1.165, 1.54) is 43.0 Å². The van der Waals surface area contributed by atoms with Crippen LogP contribution in [0, 0.1) is 0 Å². The minimum atomic E-state index is -3.57. The molecule has 2 saturated carbocycles. The Labute approximate surface area is 457 Å². The summed E-state index contributed by atoms with van der Waals surface area (Å²) >= 11 is 0. The van der Waals surface area contributed by atoms with Crippen LogP contribution in [0.5, 0.6) is 23.0 Å². The summed E-state index contributed by atoms with van der Waals surface area (Å²) in [5.41, 5.74) is 9.45. The first-order valence-corrected chi connectivity index (χ1v) is 28.5. The highest BCUT2D eigenvalue weighted by Gasteiger charge is 2.36. The molecular weight excluding hydrogens is 1010 g/mol. The van der Waals surface area contributed by atoms with Gasteiger partial charge in [-0.15, -0.1) is 0 Å². The van der Waals surface area contributed by atoms with Gasteiger partial charge in [0.1, 0.15) is 30.7 Å². The lowest BCUT2D eigenvalue weighted by Crippen LogP contribution is -2.48. The molecule has 3 aliphatic heterocycles. The molecule has 410 valence electrons. The largest absolute Gasteiger partial charge is 0.493 e. The second kappa shape index (κ2) is 24.0. The van der Waals surface area contributed by atoms with E-state index in [1.54, 1.807) is 43.5 Å². The van der Waals surface area contributed by atoms with Crippen molar-refractivity contribution in [2.45, 2.75) is 102 Å². The Hall–Kier alpha value is -6.89. The number of benzene rings is 4. The van der Waals surface area contributed by atoms with Crippen LogP contribution >= 0.6 is 0 Å². The SMILES string of the molecule is COc1cc(C2CN(C(=O)c3cc(COC[C@@H]4COC(C)(C)O4)ccn3)C2)ccc1OCc1ccc(C2CC2)cc1.COc1cc(C2CN(C(=O)c3cc(COS(C)(=O)=O)ccn3)C2)ccc1OCc1ccc(C2CC2)cc1. The zero-order valence-corrected chi connectivity index (χ0v) is 45.7. The number of aromatic nitrogens is 2. The van der Waals surface area contributed by atoms with E-state index in [4.69, 9.17) is 37.3 Å². The van der Waals surface area contributed by atoms with E-state index >= 15 is 0 Å². The van der Waals surface area contributed by atoms with Gasteiger partial charge in [-0.2, -0.15) is 8.42 Å². The van der Waals surface area contributed by atoms with E-state index in [-0.39, 0.29) is 42.1 Å². The van der Waals surface area contributed by atoms with Crippen LogP contribution in [0.25, 0.3) is 0 Å². The number of amides is 2. The Morgan fingerprint density at radius 3 is 1.42 bits per heavy atom. The first kappa shape index (κ1) is 54.5. The van der Waals surface area contributed by atoms with Crippen LogP contribution in [0.4, 0.5) is 0 Å². The number of nitrogens with zero attached hydrogens (tertiary/aromatic N) is 4. The van der Waals surface area contributed by atoms with Gasteiger partial charge in [0.05, 0.1) is 46.9 Å². The van der Waals surface area contributed by atoms with Crippen molar-refractivity contribution in [2.24, 2.45) is 0 Å². The Balaban J connectivity index is 0.000000177. The van der Waals surface area contributed by atoms with Crippen LogP contribution in [-0.4, -0.2) is 112 Å². The minimum absolute atomic E-state index is 0.0722. The van der Waals surface area contributed by atoms with E-state index in [0.29, 0.717) is 93.5 Å². The summed E-state index contributed by atoms with van der Waals surface area (Å²) in [5.74, 6) is 3.84. The van der Waals surface area contributed by atoms with Gasteiger partial charge in [-0.3, -0.25) is 23.7 Å². The first-order valence-electron chi connectivity index (χ1n) is 26.7. The molecule has 2 amide bonds. The molecule has 2 aromatic heterocycles. The number of hydrogen-bond acceptors (Lipinski definition) is 14. The summed E-state index contributed by atoms with van der Waals surface area (Å²) in [6.45, 7) is 8.31. The first-order chi connectivity index (χ1) is 37.7. The zero-order chi connectivity index (χ0) is 54.4. The van der Waals surface area contributed by atoms with Gasteiger partial charge in [-0.25, -0.2) is 0 Å². The molecule has 5 aliphatic rings. The quantitative estimate of drug-likeness (QED) is 0.0623. The molecule has 5 heterocycles. The normalized spacial score (nSPS) is 18.0. The molecule has 5 fully saturated rings. The molecule has 78 heavy (non-hydrogen) atoms. The number of methoxy groups -OCH3 is 2. The lowest BCUT2D eigenvalue weighted by atomic mass is 9.91. The van der Waals surface area contributed by atoms with Crippen molar-refractivity contribution in [1.29, 1.82) is 0 Å². The van der Waals surface area contributed by atoms with E-state index in [0.717, 1.165) is 45.9 Å². The van der Waals surface area contributed by atoms with E-state index in [9.17, 15) is 18.0 Å². The lowest BCUT2D eigenvalue weighted by Gasteiger charge is -2.39. The molecule has 0 unspecified atom stereocenters. The maximum Gasteiger partial charge on any atom is 0.272 e. The topological polar surface area (TPSA) is 174 Å². The predicted octanol–water partition coefficient (Wildman–Crippen LogP) is 9.72. The van der Waals surface area contributed by atoms with Gasteiger partial charge in [0.15, 0.2) is 28.8 Å². The molecule has 0 radical (unpaired) electrons. The highest BCUT2D eigenvalue weighted by atomic mass is 32.2.